The summed E-state index contributed by atoms with van der Waals surface area (Å²) in [6.07, 6.45) is 2.26. The van der Waals surface area contributed by atoms with Crippen LogP contribution in [0.4, 0.5) is 11.4 Å². The second kappa shape index (κ2) is 8.89. The lowest BCUT2D eigenvalue weighted by molar-refractivity contribution is -0.120. The maximum Gasteiger partial charge on any atom is 0.233 e. The predicted octanol–water partition coefficient (Wildman–Crippen LogP) is 1.31. The van der Waals surface area contributed by atoms with Crippen LogP contribution < -0.4 is 27.0 Å². The average molecular weight is 361 g/mol. The molecule has 1 aromatic carbocycles. The lowest BCUT2D eigenvalue weighted by atomic mass is 9.97. The van der Waals surface area contributed by atoms with Crippen LogP contribution in [0.15, 0.2) is 29.3 Å². The SMILES string of the molecule is CC(C)(C)NCC(=O)NCC1CCCN(c2ccc(N=C(N)N)cc2)C1. The van der Waals surface area contributed by atoms with E-state index in [1.807, 2.05) is 24.3 Å². The summed E-state index contributed by atoms with van der Waals surface area (Å²) in [7, 11) is 0. The second-order valence-corrected chi connectivity index (χ2v) is 7.91. The van der Waals surface area contributed by atoms with Gasteiger partial charge in [0, 0.05) is 30.9 Å². The van der Waals surface area contributed by atoms with E-state index >= 15 is 0 Å². The Kier molecular flexibility index (Phi) is 6.85. The first-order valence-corrected chi connectivity index (χ1v) is 9.19. The number of nitrogens with zero attached hydrogens (tertiary/aromatic N) is 2. The van der Waals surface area contributed by atoms with E-state index in [0.29, 0.717) is 19.0 Å². The Labute approximate surface area is 156 Å². The fourth-order valence-electron chi connectivity index (χ4n) is 3.02. The molecule has 0 aromatic heterocycles. The highest BCUT2D eigenvalue weighted by Gasteiger charge is 2.21. The van der Waals surface area contributed by atoms with Crippen molar-refractivity contribution < 1.29 is 4.79 Å². The molecule has 0 radical (unpaired) electrons. The zero-order valence-electron chi connectivity index (χ0n) is 16.1. The third kappa shape index (κ3) is 6.92. The summed E-state index contributed by atoms with van der Waals surface area (Å²) in [6, 6.07) is 7.91. The number of nitrogens with one attached hydrogen (secondary N) is 2. The Balaban J connectivity index is 1.83. The Hall–Kier alpha value is -2.28. The molecular formula is C19H32N6O. The van der Waals surface area contributed by atoms with Crippen LogP contribution in [-0.2, 0) is 4.79 Å². The molecule has 26 heavy (non-hydrogen) atoms. The molecule has 1 saturated heterocycles. The summed E-state index contributed by atoms with van der Waals surface area (Å²) < 4.78 is 0. The molecule has 0 aliphatic carbocycles. The maximum atomic E-state index is 12.0. The van der Waals surface area contributed by atoms with Crippen LogP contribution in [0.3, 0.4) is 0 Å². The zero-order valence-corrected chi connectivity index (χ0v) is 16.1. The van der Waals surface area contributed by atoms with Crippen LogP contribution in [-0.4, -0.2) is 43.6 Å². The number of guanidine groups is 1. The van der Waals surface area contributed by atoms with Gasteiger partial charge in [-0.05, 0) is 63.8 Å². The summed E-state index contributed by atoms with van der Waals surface area (Å²) in [4.78, 5) is 18.4. The minimum Gasteiger partial charge on any atom is -0.371 e. The molecule has 1 heterocycles. The van der Waals surface area contributed by atoms with Gasteiger partial charge >= 0.3 is 0 Å². The molecule has 1 aliphatic rings. The lowest BCUT2D eigenvalue weighted by Crippen LogP contribution is -2.46. The third-order valence-corrected chi connectivity index (χ3v) is 4.36. The van der Waals surface area contributed by atoms with E-state index in [4.69, 9.17) is 11.5 Å². The molecule has 2 rings (SSSR count). The molecule has 7 nitrogen and oxygen atoms in total. The molecule has 1 aliphatic heterocycles. The van der Waals surface area contributed by atoms with Crippen molar-refractivity contribution in [3.8, 4) is 0 Å². The van der Waals surface area contributed by atoms with E-state index in [9.17, 15) is 4.79 Å². The fraction of sp³-hybridized carbons (Fsp3) is 0.579. The molecule has 1 unspecified atom stereocenters. The maximum absolute atomic E-state index is 12.0. The largest absolute Gasteiger partial charge is 0.371 e. The summed E-state index contributed by atoms with van der Waals surface area (Å²) in [5.74, 6) is 0.575. The number of carbonyl (C=O) groups is 1. The van der Waals surface area contributed by atoms with Gasteiger partial charge in [0.25, 0.3) is 0 Å². The molecule has 1 aromatic rings. The van der Waals surface area contributed by atoms with Gasteiger partial charge < -0.3 is 27.0 Å². The lowest BCUT2D eigenvalue weighted by Gasteiger charge is -2.34. The van der Waals surface area contributed by atoms with Crippen molar-refractivity contribution in [3.05, 3.63) is 24.3 Å². The third-order valence-electron chi connectivity index (χ3n) is 4.36. The first-order valence-electron chi connectivity index (χ1n) is 9.19. The van der Waals surface area contributed by atoms with Crippen molar-refractivity contribution in [1.29, 1.82) is 0 Å². The van der Waals surface area contributed by atoms with Crippen LogP contribution in [0, 0.1) is 5.92 Å². The summed E-state index contributed by atoms with van der Waals surface area (Å²) in [5.41, 5.74) is 12.7. The number of carbonyl (C=O) groups excluding carboxylic acids is 1. The van der Waals surface area contributed by atoms with Crippen LogP contribution in [0.2, 0.25) is 0 Å². The molecule has 0 bridgehead atoms. The number of aliphatic imine (C=N–C) groups is 1. The topological polar surface area (TPSA) is 109 Å². The van der Waals surface area contributed by atoms with Crippen molar-refractivity contribution in [2.45, 2.75) is 39.2 Å². The van der Waals surface area contributed by atoms with Crippen molar-refractivity contribution in [1.82, 2.24) is 10.6 Å². The number of nitrogens with two attached hydrogens (primary N) is 2. The van der Waals surface area contributed by atoms with Gasteiger partial charge in [0.05, 0.1) is 12.2 Å². The monoisotopic (exact) mass is 360 g/mol. The molecule has 1 atom stereocenters. The quantitative estimate of drug-likeness (QED) is 0.452. The van der Waals surface area contributed by atoms with Crippen LogP contribution in [0.1, 0.15) is 33.6 Å². The highest BCUT2D eigenvalue weighted by Crippen LogP contribution is 2.25. The zero-order chi connectivity index (χ0) is 19.2. The van der Waals surface area contributed by atoms with Gasteiger partial charge in [-0.1, -0.05) is 0 Å². The van der Waals surface area contributed by atoms with Gasteiger partial charge in [-0.2, -0.15) is 0 Å². The molecule has 7 heteroatoms. The van der Waals surface area contributed by atoms with E-state index in [-0.39, 0.29) is 17.4 Å². The van der Waals surface area contributed by atoms with Crippen LogP contribution >= 0.6 is 0 Å². The number of benzene rings is 1. The van der Waals surface area contributed by atoms with E-state index in [1.165, 1.54) is 0 Å². The Bertz CT molecular complexity index is 616. The average Bonchev–Trinajstić information content (AvgIpc) is 2.58. The molecule has 1 fully saturated rings. The smallest absolute Gasteiger partial charge is 0.233 e. The summed E-state index contributed by atoms with van der Waals surface area (Å²) in [6.45, 7) is 9.19. The summed E-state index contributed by atoms with van der Waals surface area (Å²) in [5, 5.41) is 6.27. The van der Waals surface area contributed by atoms with E-state index < -0.39 is 0 Å². The second-order valence-electron chi connectivity index (χ2n) is 7.91. The van der Waals surface area contributed by atoms with Gasteiger partial charge in [0.1, 0.15) is 0 Å². The number of anilines is 1. The van der Waals surface area contributed by atoms with Crippen molar-refractivity contribution in [2.24, 2.45) is 22.4 Å². The van der Waals surface area contributed by atoms with Crippen LogP contribution in [0.5, 0.6) is 0 Å². The minimum absolute atomic E-state index is 0.0518. The molecule has 6 N–H and O–H groups in total. The van der Waals surface area contributed by atoms with Crippen LogP contribution in [0.25, 0.3) is 0 Å². The van der Waals surface area contributed by atoms with Crippen molar-refractivity contribution in [2.75, 3.05) is 31.1 Å². The standard InChI is InChI=1S/C19H32N6O/c1-19(2,3)23-12-17(26)22-11-14-5-4-10-25(13-14)16-8-6-15(7-9-16)24-18(20)21/h6-9,14,23H,4-5,10-13H2,1-3H3,(H,22,26)(H4,20,21,24). The molecule has 0 saturated carbocycles. The summed E-state index contributed by atoms with van der Waals surface area (Å²) >= 11 is 0. The van der Waals surface area contributed by atoms with E-state index in [0.717, 1.165) is 37.3 Å². The highest BCUT2D eigenvalue weighted by molar-refractivity contribution is 5.79. The first-order chi connectivity index (χ1) is 12.2. The van der Waals surface area contributed by atoms with E-state index in [1.54, 1.807) is 0 Å². The van der Waals surface area contributed by atoms with Gasteiger partial charge in [0.2, 0.25) is 5.91 Å². The predicted molar refractivity (Wildman–Crippen MR) is 108 cm³/mol. The Morgan fingerprint density at radius 1 is 1.27 bits per heavy atom. The van der Waals surface area contributed by atoms with Crippen molar-refractivity contribution >= 4 is 23.2 Å². The molecule has 0 spiro atoms. The Morgan fingerprint density at radius 2 is 1.96 bits per heavy atom. The van der Waals surface area contributed by atoms with Crippen molar-refractivity contribution in [3.63, 3.8) is 0 Å². The minimum atomic E-state index is -0.0518. The number of hydrogen-bond acceptors (Lipinski definition) is 4. The number of hydrogen-bond donors (Lipinski definition) is 4. The molecular weight excluding hydrogens is 328 g/mol. The normalized spacial score (nSPS) is 17.7. The number of rotatable bonds is 6. The number of piperidine rings is 1. The highest BCUT2D eigenvalue weighted by atomic mass is 16.1. The van der Waals surface area contributed by atoms with Gasteiger partial charge in [0.15, 0.2) is 5.96 Å². The Morgan fingerprint density at radius 3 is 2.58 bits per heavy atom. The van der Waals surface area contributed by atoms with Gasteiger partial charge in [-0.3, -0.25) is 4.79 Å². The van der Waals surface area contributed by atoms with Gasteiger partial charge in [-0.15, -0.1) is 0 Å². The number of amides is 1. The molecule has 1 amide bonds. The fourth-order valence-corrected chi connectivity index (χ4v) is 3.02. The molecule has 144 valence electrons. The van der Waals surface area contributed by atoms with E-state index in [2.05, 4.69) is 41.3 Å². The first kappa shape index (κ1) is 20.0. The van der Waals surface area contributed by atoms with Gasteiger partial charge in [-0.25, -0.2) is 4.99 Å².